The Morgan fingerprint density at radius 2 is 1.57 bits per heavy atom. The number of aromatic carboxylic acids is 1. The maximum atomic E-state index is 12.3. The highest BCUT2D eigenvalue weighted by Crippen LogP contribution is 2.29. The van der Waals surface area contributed by atoms with Crippen LogP contribution in [-0.2, 0) is 0 Å². The topological polar surface area (TPSA) is 77.5 Å². The van der Waals surface area contributed by atoms with Crippen LogP contribution < -0.4 is 10.0 Å². The Morgan fingerprint density at radius 3 is 2.19 bits per heavy atom. The molecule has 0 spiro atoms. The van der Waals surface area contributed by atoms with Crippen LogP contribution in [0.3, 0.4) is 0 Å². The second-order valence-electron chi connectivity index (χ2n) is 4.47. The summed E-state index contributed by atoms with van der Waals surface area (Å²) in [6.45, 7) is 0. The Bertz CT molecular complexity index is 783. The van der Waals surface area contributed by atoms with Gasteiger partial charge >= 0.3 is 0 Å². The molecule has 0 atom stereocenters. The normalized spacial score (nSPS) is 13.5. The lowest BCUT2D eigenvalue weighted by Crippen LogP contribution is -2.29. The number of anilines is 1. The number of nitrogens with zero attached hydrogens (tertiary/aromatic N) is 1. The van der Waals surface area contributed by atoms with Gasteiger partial charge in [-0.15, -0.1) is 0 Å². The van der Waals surface area contributed by atoms with E-state index in [-0.39, 0.29) is 16.7 Å². The van der Waals surface area contributed by atoms with E-state index in [9.17, 15) is 19.5 Å². The lowest BCUT2D eigenvalue weighted by atomic mass is 10.1. The lowest BCUT2D eigenvalue weighted by Gasteiger charge is -2.13. The maximum absolute atomic E-state index is 12.3. The summed E-state index contributed by atoms with van der Waals surface area (Å²) in [7, 11) is 0. The van der Waals surface area contributed by atoms with Gasteiger partial charge in [-0.2, -0.15) is 0 Å². The van der Waals surface area contributed by atoms with Gasteiger partial charge in [-0.25, -0.2) is 4.90 Å². The number of imide groups is 1. The van der Waals surface area contributed by atoms with Crippen molar-refractivity contribution in [3.8, 4) is 0 Å². The molecule has 0 saturated heterocycles. The first kappa shape index (κ1) is 13.3. The molecule has 0 unspecified atom stereocenters. The van der Waals surface area contributed by atoms with Crippen molar-refractivity contribution in [3.63, 3.8) is 0 Å². The van der Waals surface area contributed by atoms with Gasteiger partial charge in [0, 0.05) is 5.02 Å². The largest absolute Gasteiger partial charge is 0.545 e. The monoisotopic (exact) mass is 300 g/mol. The third-order valence-corrected chi connectivity index (χ3v) is 3.46. The molecule has 0 aromatic heterocycles. The zero-order chi connectivity index (χ0) is 15.1. The van der Waals surface area contributed by atoms with E-state index in [4.69, 9.17) is 11.6 Å². The molecule has 3 rings (SSSR count). The van der Waals surface area contributed by atoms with Gasteiger partial charge in [0.1, 0.15) is 0 Å². The van der Waals surface area contributed by atoms with Crippen molar-refractivity contribution in [2.75, 3.05) is 4.90 Å². The van der Waals surface area contributed by atoms with Crippen LogP contribution in [0.4, 0.5) is 5.69 Å². The highest BCUT2D eigenvalue weighted by atomic mass is 35.5. The van der Waals surface area contributed by atoms with Crippen LogP contribution in [0.25, 0.3) is 0 Å². The van der Waals surface area contributed by atoms with E-state index in [0.29, 0.717) is 10.7 Å². The van der Waals surface area contributed by atoms with Crippen molar-refractivity contribution in [1.29, 1.82) is 0 Å². The van der Waals surface area contributed by atoms with Gasteiger partial charge < -0.3 is 9.90 Å². The number of carbonyl (C=O) groups is 3. The molecular weight excluding hydrogens is 294 g/mol. The van der Waals surface area contributed by atoms with E-state index in [1.807, 2.05) is 0 Å². The molecule has 1 aliphatic rings. The zero-order valence-electron chi connectivity index (χ0n) is 10.5. The first-order chi connectivity index (χ1) is 9.99. The summed E-state index contributed by atoms with van der Waals surface area (Å²) in [5.74, 6) is -2.47. The lowest BCUT2D eigenvalue weighted by molar-refractivity contribution is -0.255. The Hall–Kier alpha value is -2.66. The molecule has 104 valence electrons. The molecule has 2 aromatic carbocycles. The van der Waals surface area contributed by atoms with Gasteiger partial charge in [0.05, 0.1) is 22.8 Å². The number of halogens is 1. The van der Waals surface area contributed by atoms with E-state index in [0.717, 1.165) is 11.0 Å². The minimum atomic E-state index is -1.40. The second-order valence-corrected chi connectivity index (χ2v) is 4.91. The number of hydrogen-bond acceptors (Lipinski definition) is 4. The van der Waals surface area contributed by atoms with Gasteiger partial charge in [0.2, 0.25) is 0 Å². The van der Waals surface area contributed by atoms with Gasteiger partial charge in [0.15, 0.2) is 0 Å². The Labute approximate surface area is 124 Å². The van der Waals surface area contributed by atoms with E-state index in [2.05, 4.69) is 0 Å². The molecule has 1 aliphatic heterocycles. The number of amides is 2. The second kappa shape index (κ2) is 4.71. The molecule has 0 fully saturated rings. The van der Waals surface area contributed by atoms with Gasteiger partial charge in [-0.3, -0.25) is 9.59 Å². The number of carboxylic acids is 1. The number of carboxylic acid groups (broad SMARTS) is 1. The van der Waals surface area contributed by atoms with Crippen molar-refractivity contribution in [2.45, 2.75) is 0 Å². The number of hydrogen-bond donors (Lipinski definition) is 0. The van der Waals surface area contributed by atoms with Crippen molar-refractivity contribution in [2.24, 2.45) is 0 Å². The molecule has 2 amide bonds. The van der Waals surface area contributed by atoms with Crippen molar-refractivity contribution >= 4 is 35.1 Å². The fraction of sp³-hybridized carbons (Fsp3) is 0. The van der Waals surface area contributed by atoms with Crippen molar-refractivity contribution in [3.05, 3.63) is 64.2 Å². The molecule has 2 aromatic rings. The molecule has 5 nitrogen and oxygen atoms in total. The Balaban J connectivity index is 2.08. The molecule has 1 heterocycles. The molecular formula is C15H7ClNO4-. The quantitative estimate of drug-likeness (QED) is 0.788. The summed E-state index contributed by atoms with van der Waals surface area (Å²) in [6, 6.07) is 9.93. The predicted molar refractivity (Wildman–Crippen MR) is 73.4 cm³/mol. The molecule has 6 heteroatoms. The van der Waals surface area contributed by atoms with Gasteiger partial charge in [0.25, 0.3) is 11.8 Å². The summed E-state index contributed by atoms with van der Waals surface area (Å²) >= 11 is 5.78. The summed E-state index contributed by atoms with van der Waals surface area (Å²) < 4.78 is 0. The fourth-order valence-corrected chi connectivity index (χ4v) is 2.32. The SMILES string of the molecule is O=C([O-])c1ccc2c(c1)C(=O)N(c1ccc(Cl)cc1)C2=O. The molecule has 0 saturated carbocycles. The van der Waals surface area contributed by atoms with Crippen LogP contribution in [0.2, 0.25) is 5.02 Å². The highest BCUT2D eigenvalue weighted by Gasteiger charge is 2.36. The average molecular weight is 301 g/mol. The summed E-state index contributed by atoms with van der Waals surface area (Å²) in [6.07, 6.45) is 0. The first-order valence-corrected chi connectivity index (χ1v) is 6.36. The third-order valence-electron chi connectivity index (χ3n) is 3.21. The van der Waals surface area contributed by atoms with E-state index in [1.54, 1.807) is 24.3 Å². The van der Waals surface area contributed by atoms with Crippen LogP contribution >= 0.6 is 11.6 Å². The minimum absolute atomic E-state index is 0.0525. The number of benzene rings is 2. The van der Waals surface area contributed by atoms with Crippen LogP contribution in [0.5, 0.6) is 0 Å². The third kappa shape index (κ3) is 2.08. The highest BCUT2D eigenvalue weighted by molar-refractivity contribution is 6.35. The zero-order valence-corrected chi connectivity index (χ0v) is 11.3. The average Bonchev–Trinajstić information content (AvgIpc) is 2.72. The molecule has 0 N–H and O–H groups in total. The number of carbonyl (C=O) groups excluding carboxylic acids is 3. The smallest absolute Gasteiger partial charge is 0.266 e. The standard InChI is InChI=1S/C15H8ClNO4/c16-9-2-4-10(5-3-9)17-13(18)11-6-1-8(15(20)21)7-12(11)14(17)19/h1-7H,(H,20,21)/p-1. The molecule has 21 heavy (non-hydrogen) atoms. The van der Waals surface area contributed by atoms with Crippen molar-refractivity contribution < 1.29 is 19.5 Å². The van der Waals surface area contributed by atoms with Gasteiger partial charge in [-0.1, -0.05) is 17.7 Å². The molecule has 0 aliphatic carbocycles. The summed E-state index contributed by atoms with van der Waals surface area (Å²) in [4.78, 5) is 36.4. The van der Waals surface area contributed by atoms with Crippen LogP contribution in [0, 0.1) is 0 Å². The van der Waals surface area contributed by atoms with Crippen LogP contribution in [0.15, 0.2) is 42.5 Å². The number of fused-ring (bicyclic) bond motifs is 1. The van der Waals surface area contributed by atoms with E-state index >= 15 is 0 Å². The van der Waals surface area contributed by atoms with Crippen LogP contribution in [-0.4, -0.2) is 17.8 Å². The summed E-state index contributed by atoms with van der Waals surface area (Å²) in [5, 5.41) is 11.3. The predicted octanol–water partition coefficient (Wildman–Crippen LogP) is 1.50. The Kier molecular flexibility index (Phi) is 2.99. The van der Waals surface area contributed by atoms with Crippen LogP contribution in [0.1, 0.15) is 31.1 Å². The maximum Gasteiger partial charge on any atom is 0.266 e. The molecule has 0 bridgehead atoms. The van der Waals surface area contributed by atoms with Gasteiger partial charge in [-0.05, 0) is 42.0 Å². The van der Waals surface area contributed by atoms with Crippen molar-refractivity contribution in [1.82, 2.24) is 0 Å². The molecule has 0 radical (unpaired) electrons. The van der Waals surface area contributed by atoms with E-state index < -0.39 is 17.8 Å². The first-order valence-electron chi connectivity index (χ1n) is 5.99. The number of rotatable bonds is 2. The minimum Gasteiger partial charge on any atom is -0.545 e. The summed E-state index contributed by atoms with van der Waals surface area (Å²) in [5.41, 5.74) is 0.449. The van der Waals surface area contributed by atoms with E-state index in [1.165, 1.54) is 12.1 Å². The Morgan fingerprint density at radius 1 is 0.952 bits per heavy atom. The fourth-order valence-electron chi connectivity index (χ4n) is 2.19.